The fourth-order valence-corrected chi connectivity index (χ4v) is 4.29. The lowest BCUT2D eigenvalue weighted by Gasteiger charge is -2.34. The van der Waals surface area contributed by atoms with E-state index in [1.54, 1.807) is 26.8 Å². The molecule has 0 spiro atoms. The van der Waals surface area contributed by atoms with Crippen LogP contribution in [0.25, 0.3) is 0 Å². The zero-order valence-corrected chi connectivity index (χ0v) is 21.6. The Morgan fingerprint density at radius 1 is 0.971 bits per heavy atom. The molecule has 0 aliphatic rings. The van der Waals surface area contributed by atoms with Crippen molar-refractivity contribution in [2.24, 2.45) is 0 Å². The van der Waals surface area contributed by atoms with Gasteiger partial charge in [0.05, 0.1) is 5.69 Å². The molecule has 0 radical (unpaired) electrons. The van der Waals surface area contributed by atoms with Crippen LogP contribution in [-0.2, 0) is 26.3 Å². The quantitative estimate of drug-likeness (QED) is 0.562. The van der Waals surface area contributed by atoms with Gasteiger partial charge in [-0.1, -0.05) is 30.3 Å². The molecular weight excluding hydrogens is 478 g/mol. The van der Waals surface area contributed by atoms with Crippen molar-refractivity contribution in [3.05, 3.63) is 65.7 Å². The molecule has 0 aliphatic carbocycles. The van der Waals surface area contributed by atoms with Gasteiger partial charge in [-0.05, 0) is 45.9 Å². The highest BCUT2D eigenvalue weighted by Crippen LogP contribution is 2.24. The summed E-state index contributed by atoms with van der Waals surface area (Å²) in [7, 11) is -1.79. The predicted molar refractivity (Wildman–Crippen MR) is 131 cm³/mol. The number of nitrogens with one attached hydrogen (secondary N) is 1. The van der Waals surface area contributed by atoms with Crippen LogP contribution < -0.4 is 9.62 Å². The third-order valence-corrected chi connectivity index (χ3v) is 6.91. The molecule has 1 N–H and O–H groups in total. The van der Waals surface area contributed by atoms with Gasteiger partial charge in [-0.25, -0.2) is 13.1 Å². The first-order valence-corrected chi connectivity index (χ1v) is 12.3. The summed E-state index contributed by atoms with van der Waals surface area (Å²) in [6.07, 6.45) is 0. The average molecular weight is 511 g/mol. The van der Waals surface area contributed by atoms with E-state index < -0.39 is 51.8 Å². The largest absolute Gasteiger partial charge is 0.350 e. The lowest BCUT2D eigenvalue weighted by atomic mass is 10.1. The van der Waals surface area contributed by atoms with Crippen LogP contribution >= 0.6 is 0 Å². The normalized spacial score (nSPS) is 12.8. The van der Waals surface area contributed by atoms with E-state index in [0.717, 1.165) is 15.3 Å². The molecule has 0 bridgehead atoms. The Labute approximate surface area is 205 Å². The topological polar surface area (TPSA) is 90.0 Å². The van der Waals surface area contributed by atoms with Gasteiger partial charge in [0.25, 0.3) is 0 Å². The molecule has 8 nitrogen and oxygen atoms in total. The first-order chi connectivity index (χ1) is 16.1. The number of anilines is 1. The Balaban J connectivity index is 2.50. The van der Waals surface area contributed by atoms with Crippen LogP contribution in [0, 0.1) is 11.6 Å². The second-order valence-corrected chi connectivity index (χ2v) is 11.3. The lowest BCUT2D eigenvalue weighted by Crippen LogP contribution is -2.55. The molecule has 0 saturated heterocycles. The highest BCUT2D eigenvalue weighted by molar-refractivity contribution is 7.90. The molecule has 11 heteroatoms. The second kappa shape index (κ2) is 11.1. The second-order valence-electron chi connectivity index (χ2n) is 9.28. The Morgan fingerprint density at radius 3 is 2.03 bits per heavy atom. The molecule has 2 amide bonds. The minimum absolute atomic E-state index is 0.143. The summed E-state index contributed by atoms with van der Waals surface area (Å²) >= 11 is 0. The summed E-state index contributed by atoms with van der Waals surface area (Å²) in [4.78, 5) is 27.5. The fourth-order valence-electron chi connectivity index (χ4n) is 3.22. The van der Waals surface area contributed by atoms with Gasteiger partial charge in [0, 0.05) is 31.7 Å². The number of hydrogen-bond acceptors (Lipinski definition) is 4. The summed E-state index contributed by atoms with van der Waals surface area (Å²) in [5.74, 6) is -2.74. The van der Waals surface area contributed by atoms with Crippen LogP contribution in [0.3, 0.4) is 0 Å². The lowest BCUT2D eigenvalue weighted by molar-refractivity contribution is -0.140. The maximum Gasteiger partial charge on any atom is 0.304 e. The first kappa shape index (κ1) is 28.2. The van der Waals surface area contributed by atoms with Crippen LogP contribution in [0.4, 0.5) is 14.5 Å². The minimum Gasteiger partial charge on any atom is -0.350 e. The van der Waals surface area contributed by atoms with E-state index in [9.17, 15) is 26.8 Å². The molecule has 2 aromatic rings. The summed E-state index contributed by atoms with van der Waals surface area (Å²) in [5.41, 5.74) is -0.790. The Kier molecular flexibility index (Phi) is 8.96. The van der Waals surface area contributed by atoms with Crippen molar-refractivity contribution in [3.8, 4) is 0 Å². The zero-order valence-electron chi connectivity index (χ0n) is 20.7. The molecule has 192 valence electrons. The number of hydrogen-bond donors (Lipinski definition) is 1. The van der Waals surface area contributed by atoms with Crippen molar-refractivity contribution in [1.82, 2.24) is 14.5 Å². The Morgan fingerprint density at radius 2 is 1.51 bits per heavy atom. The van der Waals surface area contributed by atoms with Gasteiger partial charge >= 0.3 is 10.2 Å². The van der Waals surface area contributed by atoms with E-state index in [1.807, 2.05) is 0 Å². The minimum atomic E-state index is -4.29. The summed E-state index contributed by atoms with van der Waals surface area (Å²) in [6, 6.07) is 9.84. The third-order valence-electron chi connectivity index (χ3n) is 5.10. The van der Waals surface area contributed by atoms with Crippen LogP contribution in [-0.4, -0.2) is 61.7 Å². The van der Waals surface area contributed by atoms with E-state index in [0.29, 0.717) is 4.31 Å². The van der Waals surface area contributed by atoms with Gasteiger partial charge in [-0.3, -0.25) is 9.59 Å². The molecule has 2 aromatic carbocycles. The number of benzene rings is 2. The van der Waals surface area contributed by atoms with Crippen molar-refractivity contribution in [2.75, 3.05) is 24.9 Å². The zero-order chi connectivity index (χ0) is 26.6. The molecule has 35 heavy (non-hydrogen) atoms. The van der Waals surface area contributed by atoms with Gasteiger partial charge in [0.2, 0.25) is 11.8 Å². The van der Waals surface area contributed by atoms with Gasteiger partial charge in [0.15, 0.2) is 0 Å². The molecule has 0 fully saturated rings. The van der Waals surface area contributed by atoms with Gasteiger partial charge in [0.1, 0.15) is 24.2 Å². The van der Waals surface area contributed by atoms with Gasteiger partial charge in [-0.15, -0.1) is 0 Å². The highest BCUT2D eigenvalue weighted by atomic mass is 32.2. The van der Waals surface area contributed by atoms with Crippen molar-refractivity contribution >= 4 is 27.7 Å². The third kappa shape index (κ3) is 7.22. The van der Waals surface area contributed by atoms with E-state index in [2.05, 4.69) is 5.32 Å². The number of halogens is 2. The predicted octanol–water partition coefficient (Wildman–Crippen LogP) is 2.91. The van der Waals surface area contributed by atoms with Crippen LogP contribution in [0.2, 0.25) is 0 Å². The van der Waals surface area contributed by atoms with Crippen molar-refractivity contribution < 1.29 is 26.8 Å². The SMILES string of the molecule is CC(C(=O)NC(C)(C)C)N(Cc1ccccc1F)C(=O)CN(c1ccccc1F)S(=O)(=O)N(C)C. The standard InChI is InChI=1S/C24H32F2N4O4S/c1-17(23(32)27-24(2,3)4)29(15-18-11-7-8-12-19(18)25)22(31)16-30(35(33,34)28(5)6)21-14-10-9-13-20(21)26/h7-14,17H,15-16H2,1-6H3,(H,27,32). The number of nitrogens with zero attached hydrogens (tertiary/aromatic N) is 3. The van der Waals surface area contributed by atoms with Crippen LogP contribution in [0.15, 0.2) is 48.5 Å². The molecule has 0 heterocycles. The molecular formula is C24H32F2N4O4S. The molecule has 0 aliphatic heterocycles. The molecule has 1 atom stereocenters. The molecule has 1 unspecified atom stereocenters. The van der Waals surface area contributed by atoms with Crippen molar-refractivity contribution in [2.45, 2.75) is 45.8 Å². The van der Waals surface area contributed by atoms with E-state index in [1.165, 1.54) is 57.4 Å². The van der Waals surface area contributed by atoms with Crippen LogP contribution in [0.1, 0.15) is 33.3 Å². The number of amides is 2. The smallest absolute Gasteiger partial charge is 0.304 e. The Bertz CT molecular complexity index is 1170. The summed E-state index contributed by atoms with van der Waals surface area (Å²) in [6.45, 7) is 5.67. The van der Waals surface area contributed by atoms with Crippen LogP contribution in [0.5, 0.6) is 0 Å². The Hall–Kier alpha value is -3.05. The first-order valence-electron chi connectivity index (χ1n) is 10.9. The number of rotatable bonds is 9. The number of carbonyl (C=O) groups is 2. The summed E-state index contributed by atoms with van der Waals surface area (Å²) in [5, 5.41) is 2.77. The highest BCUT2D eigenvalue weighted by Gasteiger charge is 2.34. The number of para-hydroxylation sites is 1. The molecule has 0 aromatic heterocycles. The van der Waals surface area contributed by atoms with Gasteiger partial charge in [-0.2, -0.15) is 12.7 Å². The number of carbonyl (C=O) groups excluding carboxylic acids is 2. The van der Waals surface area contributed by atoms with E-state index >= 15 is 0 Å². The molecule has 0 saturated carbocycles. The monoisotopic (exact) mass is 510 g/mol. The fraction of sp³-hybridized carbons (Fsp3) is 0.417. The van der Waals surface area contributed by atoms with Crippen molar-refractivity contribution in [1.29, 1.82) is 0 Å². The van der Waals surface area contributed by atoms with E-state index in [-0.39, 0.29) is 17.8 Å². The average Bonchev–Trinajstić information content (AvgIpc) is 2.75. The van der Waals surface area contributed by atoms with E-state index in [4.69, 9.17) is 0 Å². The maximum atomic E-state index is 14.6. The van der Waals surface area contributed by atoms with Gasteiger partial charge < -0.3 is 10.2 Å². The summed E-state index contributed by atoms with van der Waals surface area (Å²) < 4.78 is 56.5. The molecule has 2 rings (SSSR count). The maximum absolute atomic E-state index is 14.6. The van der Waals surface area contributed by atoms with Crippen molar-refractivity contribution in [3.63, 3.8) is 0 Å².